The fourth-order valence-electron chi connectivity index (χ4n) is 3.22. The van der Waals surface area contributed by atoms with Crippen LogP contribution in [-0.4, -0.2) is 53.8 Å². The first kappa shape index (κ1) is 18.5. The second-order valence-electron chi connectivity index (χ2n) is 7.05. The second kappa shape index (κ2) is 8.85. The Morgan fingerprint density at radius 3 is 2.46 bits per heavy atom. The minimum Gasteiger partial charge on any atom is -0.338 e. The molecular formula is C18H29N3O3. The van der Waals surface area contributed by atoms with Crippen molar-refractivity contribution >= 4 is 17.8 Å². The minimum absolute atomic E-state index is 0.0532. The van der Waals surface area contributed by atoms with E-state index < -0.39 is 0 Å². The largest absolute Gasteiger partial charge is 0.338 e. The summed E-state index contributed by atoms with van der Waals surface area (Å²) in [6.07, 6.45) is 7.42. The van der Waals surface area contributed by atoms with E-state index >= 15 is 0 Å². The summed E-state index contributed by atoms with van der Waals surface area (Å²) in [7, 11) is 0. The lowest BCUT2D eigenvalue weighted by Crippen LogP contribution is -2.39. The summed E-state index contributed by atoms with van der Waals surface area (Å²) >= 11 is 0. The number of amides is 4. The van der Waals surface area contributed by atoms with Crippen molar-refractivity contribution in [1.29, 1.82) is 0 Å². The number of carbonyl (C=O) groups is 3. The van der Waals surface area contributed by atoms with Gasteiger partial charge in [-0.1, -0.05) is 26.7 Å². The zero-order valence-electron chi connectivity index (χ0n) is 14.8. The third-order valence-electron chi connectivity index (χ3n) is 4.94. The standard InChI is InChI=1S/C18H29N3O3/c1-14(2)15-9-12-20(13-15)18(24)19-10-5-3-4-6-11-21-16(22)7-8-17(21)23/h7-8,14-15H,3-6,9-13H2,1-2H3,(H,19,24)/t15-/m0/s1. The molecule has 0 radical (unpaired) electrons. The first-order chi connectivity index (χ1) is 11.5. The molecule has 2 aliphatic heterocycles. The molecule has 134 valence electrons. The number of rotatable bonds is 8. The normalized spacial score (nSPS) is 20.5. The van der Waals surface area contributed by atoms with Crippen LogP contribution in [0.15, 0.2) is 12.2 Å². The van der Waals surface area contributed by atoms with Gasteiger partial charge in [0.2, 0.25) is 0 Å². The number of hydrogen-bond acceptors (Lipinski definition) is 3. The molecule has 1 saturated heterocycles. The maximum atomic E-state index is 12.1. The number of unbranched alkanes of at least 4 members (excludes halogenated alkanes) is 3. The maximum Gasteiger partial charge on any atom is 0.317 e. The average molecular weight is 335 g/mol. The van der Waals surface area contributed by atoms with Gasteiger partial charge in [-0.3, -0.25) is 14.5 Å². The van der Waals surface area contributed by atoms with Crippen LogP contribution < -0.4 is 5.32 Å². The number of urea groups is 1. The number of carbonyl (C=O) groups excluding carboxylic acids is 3. The van der Waals surface area contributed by atoms with Crippen LogP contribution in [0.3, 0.4) is 0 Å². The maximum absolute atomic E-state index is 12.1. The summed E-state index contributed by atoms with van der Waals surface area (Å²) in [5.41, 5.74) is 0. The smallest absolute Gasteiger partial charge is 0.317 e. The quantitative estimate of drug-likeness (QED) is 0.546. The molecule has 0 aromatic carbocycles. The van der Waals surface area contributed by atoms with E-state index in [0.29, 0.717) is 24.9 Å². The molecule has 0 bridgehead atoms. The molecule has 0 aromatic rings. The molecule has 24 heavy (non-hydrogen) atoms. The van der Waals surface area contributed by atoms with E-state index in [1.807, 2.05) is 4.90 Å². The highest BCUT2D eigenvalue weighted by Gasteiger charge is 2.27. The molecule has 1 N–H and O–H groups in total. The average Bonchev–Trinajstić information content (AvgIpc) is 3.15. The topological polar surface area (TPSA) is 69.7 Å². The Bertz CT molecular complexity index is 484. The molecule has 6 nitrogen and oxygen atoms in total. The number of nitrogens with one attached hydrogen (secondary N) is 1. The minimum atomic E-state index is -0.211. The SMILES string of the molecule is CC(C)[C@H]1CCN(C(=O)NCCCCCCN2C(=O)C=CC2=O)C1. The zero-order valence-corrected chi connectivity index (χ0v) is 14.8. The van der Waals surface area contributed by atoms with Crippen molar-refractivity contribution in [3.63, 3.8) is 0 Å². The second-order valence-corrected chi connectivity index (χ2v) is 7.05. The summed E-state index contributed by atoms with van der Waals surface area (Å²) in [5, 5.41) is 2.99. The summed E-state index contributed by atoms with van der Waals surface area (Å²) in [4.78, 5) is 38.0. The van der Waals surface area contributed by atoms with Gasteiger partial charge in [-0.2, -0.15) is 0 Å². The molecule has 0 aliphatic carbocycles. The van der Waals surface area contributed by atoms with Crippen LogP contribution in [0.1, 0.15) is 46.0 Å². The monoisotopic (exact) mass is 335 g/mol. The first-order valence-corrected chi connectivity index (χ1v) is 9.05. The highest BCUT2D eigenvalue weighted by atomic mass is 16.2. The molecule has 4 amide bonds. The van der Waals surface area contributed by atoms with E-state index in [9.17, 15) is 14.4 Å². The third-order valence-corrected chi connectivity index (χ3v) is 4.94. The predicted molar refractivity (Wildman–Crippen MR) is 92.2 cm³/mol. The lowest BCUT2D eigenvalue weighted by Gasteiger charge is -2.18. The fourth-order valence-corrected chi connectivity index (χ4v) is 3.22. The summed E-state index contributed by atoms with van der Waals surface area (Å²) < 4.78 is 0. The third kappa shape index (κ3) is 5.08. The van der Waals surface area contributed by atoms with Crippen LogP contribution >= 0.6 is 0 Å². The van der Waals surface area contributed by atoms with Crippen molar-refractivity contribution in [3.8, 4) is 0 Å². The van der Waals surface area contributed by atoms with Gasteiger partial charge in [0.1, 0.15) is 0 Å². The van der Waals surface area contributed by atoms with Crippen LogP contribution in [0.2, 0.25) is 0 Å². The van der Waals surface area contributed by atoms with Crippen molar-refractivity contribution in [3.05, 3.63) is 12.2 Å². The van der Waals surface area contributed by atoms with Gasteiger partial charge >= 0.3 is 6.03 Å². The van der Waals surface area contributed by atoms with Crippen molar-refractivity contribution < 1.29 is 14.4 Å². The van der Waals surface area contributed by atoms with Gasteiger partial charge in [0.05, 0.1) is 0 Å². The molecule has 0 unspecified atom stereocenters. The molecule has 1 atom stereocenters. The van der Waals surface area contributed by atoms with Crippen LogP contribution in [0.5, 0.6) is 0 Å². The Morgan fingerprint density at radius 2 is 1.83 bits per heavy atom. The van der Waals surface area contributed by atoms with Crippen molar-refractivity contribution in [2.45, 2.75) is 46.0 Å². The fraction of sp³-hybridized carbons (Fsp3) is 0.722. The lowest BCUT2D eigenvalue weighted by atomic mass is 9.95. The lowest BCUT2D eigenvalue weighted by molar-refractivity contribution is -0.136. The molecule has 0 saturated carbocycles. The van der Waals surface area contributed by atoms with Crippen LogP contribution in [0.25, 0.3) is 0 Å². The highest BCUT2D eigenvalue weighted by molar-refractivity contribution is 6.12. The Labute approximate surface area is 144 Å². The van der Waals surface area contributed by atoms with E-state index in [1.165, 1.54) is 17.1 Å². The molecule has 1 fully saturated rings. The van der Waals surface area contributed by atoms with E-state index in [4.69, 9.17) is 0 Å². The van der Waals surface area contributed by atoms with Gasteiger partial charge in [0, 0.05) is 38.3 Å². The Morgan fingerprint density at radius 1 is 1.17 bits per heavy atom. The van der Waals surface area contributed by atoms with Crippen LogP contribution in [-0.2, 0) is 9.59 Å². The summed E-state index contributed by atoms with van der Waals surface area (Å²) in [6, 6.07) is 0.0532. The highest BCUT2D eigenvalue weighted by Crippen LogP contribution is 2.23. The van der Waals surface area contributed by atoms with Gasteiger partial charge in [0.25, 0.3) is 11.8 Å². The molecule has 6 heteroatoms. The van der Waals surface area contributed by atoms with Gasteiger partial charge < -0.3 is 10.2 Å². The Balaban J connectivity index is 1.49. The van der Waals surface area contributed by atoms with Gasteiger partial charge in [-0.05, 0) is 31.1 Å². The van der Waals surface area contributed by atoms with Gasteiger partial charge in [-0.15, -0.1) is 0 Å². The number of likely N-dealkylation sites (tertiary alicyclic amines) is 1. The molecule has 2 rings (SSSR count). The molecule has 0 aromatic heterocycles. The van der Waals surface area contributed by atoms with E-state index in [2.05, 4.69) is 19.2 Å². The Kier molecular flexibility index (Phi) is 6.82. The first-order valence-electron chi connectivity index (χ1n) is 9.05. The molecule has 0 spiro atoms. The van der Waals surface area contributed by atoms with Crippen molar-refractivity contribution in [1.82, 2.24) is 15.1 Å². The summed E-state index contributed by atoms with van der Waals surface area (Å²) in [5.74, 6) is 0.837. The number of hydrogen-bond donors (Lipinski definition) is 1. The zero-order chi connectivity index (χ0) is 17.5. The molecule has 2 aliphatic rings. The van der Waals surface area contributed by atoms with Crippen molar-refractivity contribution in [2.75, 3.05) is 26.2 Å². The number of nitrogens with zero attached hydrogens (tertiary/aromatic N) is 2. The summed E-state index contributed by atoms with van der Waals surface area (Å²) in [6.45, 7) is 7.33. The predicted octanol–water partition coefficient (Wildman–Crippen LogP) is 2.16. The van der Waals surface area contributed by atoms with Crippen LogP contribution in [0.4, 0.5) is 4.79 Å². The molecule has 2 heterocycles. The van der Waals surface area contributed by atoms with Gasteiger partial charge in [-0.25, -0.2) is 4.79 Å². The van der Waals surface area contributed by atoms with Crippen LogP contribution in [0, 0.1) is 11.8 Å². The van der Waals surface area contributed by atoms with E-state index in [0.717, 1.165) is 45.2 Å². The van der Waals surface area contributed by atoms with E-state index in [-0.39, 0.29) is 17.8 Å². The van der Waals surface area contributed by atoms with Crippen molar-refractivity contribution in [2.24, 2.45) is 11.8 Å². The number of imide groups is 1. The Hall–Kier alpha value is -1.85. The van der Waals surface area contributed by atoms with Gasteiger partial charge in [0.15, 0.2) is 0 Å². The van der Waals surface area contributed by atoms with E-state index in [1.54, 1.807) is 0 Å². The molecular weight excluding hydrogens is 306 g/mol.